The molecule has 0 aromatic rings. The second-order valence-corrected chi connectivity index (χ2v) is 4.29. The fourth-order valence-corrected chi connectivity index (χ4v) is 1.94. The van der Waals surface area contributed by atoms with Crippen LogP contribution in [0.2, 0.25) is 0 Å². The number of ether oxygens (including phenoxy) is 1. The van der Waals surface area contributed by atoms with Gasteiger partial charge in [-0.25, -0.2) is 0 Å². The number of halogens is 3. The zero-order valence-corrected chi connectivity index (χ0v) is 9.67. The molecule has 0 aromatic carbocycles. The Morgan fingerprint density at radius 1 is 1.41 bits per heavy atom. The normalized spacial score (nSPS) is 22.4. The summed E-state index contributed by atoms with van der Waals surface area (Å²) >= 11 is 0. The van der Waals surface area contributed by atoms with Crippen LogP contribution < -0.4 is 0 Å². The molecule has 0 aromatic heterocycles. The van der Waals surface area contributed by atoms with Gasteiger partial charge in [0.2, 0.25) is 0 Å². The molecule has 1 aliphatic rings. The third kappa shape index (κ3) is 6.49. The third-order valence-electron chi connectivity index (χ3n) is 2.72. The first-order valence-corrected chi connectivity index (χ1v) is 5.78. The topological polar surface area (TPSA) is 36.3 Å². The number of piperidine rings is 1. The van der Waals surface area contributed by atoms with Crippen LogP contribution in [-0.2, 0) is 4.74 Å². The molecule has 6 heteroatoms. The molecule has 1 unspecified atom stereocenters. The Kier molecular flexibility index (Phi) is 5.72. The van der Waals surface area contributed by atoms with E-state index in [1.165, 1.54) is 0 Å². The van der Waals surface area contributed by atoms with E-state index in [1.54, 1.807) is 0 Å². The Morgan fingerprint density at radius 2 is 2.18 bits per heavy atom. The highest BCUT2D eigenvalue weighted by atomic mass is 19.4. The zero-order valence-electron chi connectivity index (χ0n) is 9.67. The van der Waals surface area contributed by atoms with E-state index in [2.05, 4.69) is 15.7 Å². The van der Waals surface area contributed by atoms with Gasteiger partial charge in [-0.1, -0.05) is 0 Å². The SMILES string of the molecule is N#CC1CCCN(CCCOCC(F)(F)F)C1. The summed E-state index contributed by atoms with van der Waals surface area (Å²) in [7, 11) is 0. The van der Waals surface area contributed by atoms with Gasteiger partial charge >= 0.3 is 6.18 Å². The van der Waals surface area contributed by atoms with E-state index in [0.29, 0.717) is 13.0 Å². The van der Waals surface area contributed by atoms with Crippen LogP contribution in [0.4, 0.5) is 13.2 Å². The van der Waals surface area contributed by atoms with Crippen molar-refractivity contribution in [1.29, 1.82) is 5.26 Å². The predicted molar refractivity (Wildman–Crippen MR) is 56.3 cm³/mol. The van der Waals surface area contributed by atoms with Crippen molar-refractivity contribution in [2.45, 2.75) is 25.4 Å². The highest BCUT2D eigenvalue weighted by molar-refractivity contribution is 4.88. The highest BCUT2D eigenvalue weighted by Gasteiger charge is 2.27. The molecule has 3 nitrogen and oxygen atoms in total. The van der Waals surface area contributed by atoms with E-state index in [9.17, 15) is 13.2 Å². The largest absolute Gasteiger partial charge is 0.411 e. The summed E-state index contributed by atoms with van der Waals surface area (Å²) in [4.78, 5) is 2.12. The minimum absolute atomic E-state index is 0.0693. The fraction of sp³-hybridized carbons (Fsp3) is 0.909. The minimum Gasteiger partial charge on any atom is -0.372 e. The number of rotatable bonds is 5. The van der Waals surface area contributed by atoms with Crippen LogP contribution in [0.15, 0.2) is 0 Å². The summed E-state index contributed by atoms with van der Waals surface area (Å²) in [6, 6.07) is 2.23. The summed E-state index contributed by atoms with van der Waals surface area (Å²) in [5.74, 6) is 0.0693. The molecular weight excluding hydrogens is 233 g/mol. The average molecular weight is 250 g/mol. The van der Waals surface area contributed by atoms with Crippen LogP contribution in [0, 0.1) is 17.2 Å². The average Bonchev–Trinajstić information content (AvgIpc) is 2.27. The smallest absolute Gasteiger partial charge is 0.372 e. The number of hydrogen-bond acceptors (Lipinski definition) is 3. The van der Waals surface area contributed by atoms with Crippen LogP contribution in [0.1, 0.15) is 19.3 Å². The van der Waals surface area contributed by atoms with Gasteiger partial charge in [0.1, 0.15) is 6.61 Å². The molecule has 1 atom stereocenters. The zero-order chi connectivity index (χ0) is 12.7. The standard InChI is InChI=1S/C11H17F3N2O/c12-11(13,14)9-17-6-2-5-16-4-1-3-10(7-15)8-16/h10H,1-6,8-9H2. The van der Waals surface area contributed by atoms with Crippen molar-refractivity contribution in [1.82, 2.24) is 4.90 Å². The monoisotopic (exact) mass is 250 g/mol. The van der Waals surface area contributed by atoms with E-state index < -0.39 is 12.8 Å². The summed E-state index contributed by atoms with van der Waals surface area (Å²) in [5.41, 5.74) is 0. The summed E-state index contributed by atoms with van der Waals surface area (Å²) in [6.07, 6.45) is -1.75. The van der Waals surface area contributed by atoms with Crippen LogP contribution in [0.3, 0.4) is 0 Å². The molecule has 1 rings (SSSR count). The van der Waals surface area contributed by atoms with Crippen molar-refractivity contribution in [3.63, 3.8) is 0 Å². The van der Waals surface area contributed by atoms with Gasteiger partial charge in [-0.3, -0.25) is 0 Å². The number of nitriles is 1. The molecule has 0 spiro atoms. The first-order chi connectivity index (χ1) is 8.01. The van der Waals surface area contributed by atoms with E-state index in [0.717, 1.165) is 25.9 Å². The highest BCUT2D eigenvalue weighted by Crippen LogP contribution is 2.16. The van der Waals surface area contributed by atoms with E-state index in [1.807, 2.05) is 0 Å². The van der Waals surface area contributed by atoms with Crippen molar-refractivity contribution in [3.8, 4) is 6.07 Å². The molecule has 0 N–H and O–H groups in total. The Labute approximate surface area is 99.1 Å². The molecule has 0 radical (unpaired) electrons. The lowest BCUT2D eigenvalue weighted by atomic mass is 10.00. The van der Waals surface area contributed by atoms with Gasteiger partial charge < -0.3 is 9.64 Å². The lowest BCUT2D eigenvalue weighted by Gasteiger charge is -2.29. The predicted octanol–water partition coefficient (Wildman–Crippen LogP) is 2.19. The Hall–Kier alpha value is -0.800. The molecular formula is C11H17F3N2O. The number of likely N-dealkylation sites (tertiary alicyclic amines) is 1. The Balaban J connectivity index is 2.05. The van der Waals surface area contributed by atoms with Crippen LogP contribution in [-0.4, -0.2) is 43.9 Å². The molecule has 98 valence electrons. The van der Waals surface area contributed by atoms with Crippen LogP contribution in [0.5, 0.6) is 0 Å². The second kappa shape index (κ2) is 6.82. The van der Waals surface area contributed by atoms with Gasteiger partial charge in [-0.2, -0.15) is 18.4 Å². The lowest BCUT2D eigenvalue weighted by molar-refractivity contribution is -0.174. The number of nitrogens with zero attached hydrogens (tertiary/aromatic N) is 2. The summed E-state index contributed by atoms with van der Waals surface area (Å²) in [6.45, 7) is 1.31. The Morgan fingerprint density at radius 3 is 2.82 bits per heavy atom. The van der Waals surface area contributed by atoms with Gasteiger partial charge in [-0.05, 0) is 25.8 Å². The number of alkyl halides is 3. The molecule has 0 amide bonds. The molecule has 1 aliphatic heterocycles. The molecule has 1 fully saturated rings. The Bertz CT molecular complexity index is 262. The van der Waals surface area contributed by atoms with Gasteiger partial charge in [0.25, 0.3) is 0 Å². The van der Waals surface area contributed by atoms with Gasteiger partial charge in [0.15, 0.2) is 0 Å². The molecule has 1 heterocycles. The maximum Gasteiger partial charge on any atom is 0.411 e. The molecule has 0 saturated carbocycles. The second-order valence-electron chi connectivity index (χ2n) is 4.29. The van der Waals surface area contributed by atoms with Crippen LogP contribution >= 0.6 is 0 Å². The van der Waals surface area contributed by atoms with Gasteiger partial charge in [0.05, 0.1) is 12.0 Å². The molecule has 0 bridgehead atoms. The van der Waals surface area contributed by atoms with Crippen molar-refractivity contribution in [3.05, 3.63) is 0 Å². The fourth-order valence-electron chi connectivity index (χ4n) is 1.94. The van der Waals surface area contributed by atoms with Crippen molar-refractivity contribution in [2.75, 3.05) is 32.8 Å². The van der Waals surface area contributed by atoms with Crippen molar-refractivity contribution in [2.24, 2.45) is 5.92 Å². The first kappa shape index (κ1) is 14.3. The van der Waals surface area contributed by atoms with E-state index in [4.69, 9.17) is 5.26 Å². The van der Waals surface area contributed by atoms with Crippen molar-refractivity contribution >= 4 is 0 Å². The van der Waals surface area contributed by atoms with Crippen molar-refractivity contribution < 1.29 is 17.9 Å². The lowest BCUT2D eigenvalue weighted by Crippen LogP contribution is -2.36. The third-order valence-corrected chi connectivity index (χ3v) is 2.72. The summed E-state index contributed by atoms with van der Waals surface area (Å²) in [5, 5.41) is 8.78. The minimum atomic E-state index is -4.24. The quantitative estimate of drug-likeness (QED) is 0.702. The van der Waals surface area contributed by atoms with Gasteiger partial charge in [0, 0.05) is 19.7 Å². The maximum absolute atomic E-state index is 11.8. The van der Waals surface area contributed by atoms with E-state index in [-0.39, 0.29) is 12.5 Å². The van der Waals surface area contributed by atoms with Gasteiger partial charge in [-0.15, -0.1) is 0 Å². The number of hydrogen-bond donors (Lipinski definition) is 0. The van der Waals surface area contributed by atoms with E-state index >= 15 is 0 Å². The summed E-state index contributed by atoms with van der Waals surface area (Å²) < 4.78 is 39.8. The first-order valence-electron chi connectivity index (χ1n) is 5.78. The molecule has 0 aliphatic carbocycles. The maximum atomic E-state index is 11.8. The van der Waals surface area contributed by atoms with Crippen LogP contribution in [0.25, 0.3) is 0 Å². The molecule has 17 heavy (non-hydrogen) atoms. The molecule has 1 saturated heterocycles.